The van der Waals surface area contributed by atoms with Crippen LogP contribution < -0.4 is 5.32 Å². The molecule has 0 saturated carbocycles. The van der Waals surface area contributed by atoms with Gasteiger partial charge in [-0.1, -0.05) is 38.5 Å². The van der Waals surface area contributed by atoms with E-state index in [0.717, 1.165) is 6.42 Å². The number of aliphatic hydroxyl groups excluding tert-OH is 1. The molecule has 0 spiro atoms. The van der Waals surface area contributed by atoms with Gasteiger partial charge >= 0.3 is 0 Å². The molecule has 2 N–H and O–H groups in total. The van der Waals surface area contributed by atoms with Crippen LogP contribution >= 0.6 is 0 Å². The van der Waals surface area contributed by atoms with Crippen LogP contribution in [0.1, 0.15) is 37.0 Å². The third-order valence-electron chi connectivity index (χ3n) is 4.28. The van der Waals surface area contributed by atoms with E-state index in [1.807, 2.05) is 19.9 Å². The minimum atomic E-state index is -0.553. The normalized spacial score (nSPS) is 20.5. The molecule has 2 unspecified atom stereocenters. The average Bonchev–Trinajstić information content (AvgIpc) is 2.98. The molecule has 1 heterocycles. The van der Waals surface area contributed by atoms with Gasteiger partial charge in [0.2, 0.25) is 5.91 Å². The summed E-state index contributed by atoms with van der Waals surface area (Å²) < 4.78 is 0. The number of hydrogen-bond donors (Lipinski definition) is 2. The number of hydrogen-bond acceptors (Lipinski definition) is 3. The van der Waals surface area contributed by atoms with Crippen LogP contribution in [0.3, 0.4) is 0 Å². The van der Waals surface area contributed by atoms with E-state index in [1.54, 1.807) is 29.2 Å². The number of benzene rings is 1. The molecule has 1 aromatic rings. The van der Waals surface area contributed by atoms with Crippen molar-refractivity contribution in [2.75, 3.05) is 13.1 Å². The minimum absolute atomic E-state index is 0.0397. The number of rotatable bonds is 5. The van der Waals surface area contributed by atoms with Gasteiger partial charge in [0.25, 0.3) is 5.91 Å². The van der Waals surface area contributed by atoms with Gasteiger partial charge in [-0.3, -0.25) is 9.59 Å². The maximum Gasteiger partial charge on any atom is 0.251 e. The summed E-state index contributed by atoms with van der Waals surface area (Å²) in [4.78, 5) is 26.6. The highest BCUT2D eigenvalue weighted by Crippen LogP contribution is 2.16. The van der Waals surface area contributed by atoms with Crippen molar-refractivity contribution in [1.29, 1.82) is 0 Å². The summed E-state index contributed by atoms with van der Waals surface area (Å²) in [5.74, 6) is -0.299. The van der Waals surface area contributed by atoms with E-state index in [4.69, 9.17) is 0 Å². The summed E-state index contributed by atoms with van der Waals surface area (Å²) in [5, 5.41) is 12.5. The van der Waals surface area contributed by atoms with E-state index >= 15 is 0 Å². The van der Waals surface area contributed by atoms with Gasteiger partial charge < -0.3 is 15.3 Å². The maximum absolute atomic E-state index is 12.7. The first-order valence-corrected chi connectivity index (χ1v) is 7.85. The Morgan fingerprint density at radius 2 is 2.05 bits per heavy atom. The Hall–Kier alpha value is -1.88. The summed E-state index contributed by atoms with van der Waals surface area (Å²) in [5.41, 5.74) is 0.546. The van der Waals surface area contributed by atoms with Crippen molar-refractivity contribution in [2.45, 2.75) is 38.8 Å². The molecule has 120 valence electrons. The van der Waals surface area contributed by atoms with Gasteiger partial charge in [0, 0.05) is 18.7 Å². The summed E-state index contributed by atoms with van der Waals surface area (Å²) >= 11 is 0. The standard InChI is InChI=1S/C17H24N2O3/c1-3-12(2)15(17(22)19-10-9-14(20)11-19)18-16(21)13-7-5-4-6-8-13/h4-8,12,14-15,20H,3,9-11H2,1-2H3,(H,18,21)/t12?,14-,15?/m1/s1. The number of nitrogens with one attached hydrogen (secondary N) is 1. The van der Waals surface area contributed by atoms with Crippen LogP contribution in [0.15, 0.2) is 30.3 Å². The van der Waals surface area contributed by atoms with Gasteiger partial charge in [0.1, 0.15) is 6.04 Å². The Morgan fingerprint density at radius 3 is 2.59 bits per heavy atom. The zero-order valence-electron chi connectivity index (χ0n) is 13.2. The number of aliphatic hydroxyl groups is 1. The van der Waals surface area contributed by atoms with Crippen LogP contribution in [0, 0.1) is 5.92 Å². The molecule has 1 saturated heterocycles. The van der Waals surface area contributed by atoms with Crippen molar-refractivity contribution in [3.05, 3.63) is 35.9 Å². The first-order chi connectivity index (χ1) is 10.5. The Balaban J connectivity index is 2.09. The van der Waals surface area contributed by atoms with Crippen LogP contribution in [0.4, 0.5) is 0 Å². The zero-order chi connectivity index (χ0) is 16.1. The van der Waals surface area contributed by atoms with E-state index in [9.17, 15) is 14.7 Å². The Kier molecular flexibility index (Phi) is 5.55. The Labute approximate surface area is 131 Å². The quantitative estimate of drug-likeness (QED) is 0.864. The number of carbonyl (C=O) groups excluding carboxylic acids is 2. The molecule has 2 rings (SSSR count). The second kappa shape index (κ2) is 7.40. The summed E-state index contributed by atoms with van der Waals surface area (Å²) in [6.45, 7) is 4.86. The highest BCUT2D eigenvalue weighted by atomic mass is 16.3. The van der Waals surface area contributed by atoms with Crippen molar-refractivity contribution in [3.63, 3.8) is 0 Å². The van der Waals surface area contributed by atoms with Gasteiger partial charge in [0.05, 0.1) is 6.10 Å². The zero-order valence-corrected chi connectivity index (χ0v) is 13.2. The molecule has 1 aliphatic rings. The predicted molar refractivity (Wildman–Crippen MR) is 84.4 cm³/mol. The molecule has 2 amide bonds. The number of amides is 2. The number of nitrogens with zero attached hydrogens (tertiary/aromatic N) is 1. The van der Waals surface area contributed by atoms with Crippen molar-refractivity contribution in [2.24, 2.45) is 5.92 Å². The van der Waals surface area contributed by atoms with Crippen LogP contribution in [0.25, 0.3) is 0 Å². The van der Waals surface area contributed by atoms with Crippen LogP contribution in [-0.4, -0.2) is 47.1 Å². The van der Waals surface area contributed by atoms with E-state index in [1.165, 1.54) is 0 Å². The van der Waals surface area contributed by atoms with Gasteiger partial charge in [-0.05, 0) is 24.5 Å². The van der Waals surface area contributed by atoms with Gasteiger partial charge in [-0.25, -0.2) is 0 Å². The highest BCUT2D eigenvalue weighted by Gasteiger charge is 2.33. The van der Waals surface area contributed by atoms with Crippen molar-refractivity contribution in [1.82, 2.24) is 10.2 Å². The van der Waals surface area contributed by atoms with Crippen molar-refractivity contribution in [3.8, 4) is 0 Å². The topological polar surface area (TPSA) is 69.6 Å². The molecular formula is C17H24N2O3. The molecule has 3 atom stereocenters. The Morgan fingerprint density at radius 1 is 1.36 bits per heavy atom. The molecule has 0 radical (unpaired) electrons. The van der Waals surface area contributed by atoms with Crippen LogP contribution in [0.2, 0.25) is 0 Å². The molecule has 0 bridgehead atoms. The molecule has 1 aliphatic heterocycles. The fourth-order valence-corrected chi connectivity index (χ4v) is 2.64. The summed E-state index contributed by atoms with van der Waals surface area (Å²) in [7, 11) is 0. The number of β-amino-alcohol motifs (C(OH)–C–C–N with tert-alkyl or cyclic N) is 1. The van der Waals surface area contributed by atoms with Crippen molar-refractivity contribution < 1.29 is 14.7 Å². The highest BCUT2D eigenvalue weighted by molar-refractivity contribution is 5.97. The van der Waals surface area contributed by atoms with Crippen LogP contribution in [0.5, 0.6) is 0 Å². The second-order valence-corrected chi connectivity index (χ2v) is 5.93. The molecule has 0 aromatic heterocycles. The predicted octanol–water partition coefficient (Wildman–Crippen LogP) is 1.42. The molecular weight excluding hydrogens is 280 g/mol. The number of carbonyl (C=O) groups is 2. The second-order valence-electron chi connectivity index (χ2n) is 5.93. The van der Waals surface area contributed by atoms with E-state index in [-0.39, 0.29) is 17.7 Å². The first kappa shape index (κ1) is 16.5. The number of likely N-dealkylation sites (tertiary alicyclic amines) is 1. The fourth-order valence-electron chi connectivity index (χ4n) is 2.64. The largest absolute Gasteiger partial charge is 0.391 e. The lowest BCUT2D eigenvalue weighted by atomic mass is 9.97. The molecule has 1 aromatic carbocycles. The molecule has 1 fully saturated rings. The lowest BCUT2D eigenvalue weighted by molar-refractivity contribution is -0.133. The average molecular weight is 304 g/mol. The lowest BCUT2D eigenvalue weighted by Crippen LogP contribution is -2.51. The SMILES string of the molecule is CCC(C)C(NC(=O)c1ccccc1)C(=O)N1CC[C@@H](O)C1. The van der Waals surface area contributed by atoms with Gasteiger partial charge in [-0.15, -0.1) is 0 Å². The third kappa shape index (κ3) is 3.85. The van der Waals surface area contributed by atoms with Crippen LogP contribution in [-0.2, 0) is 4.79 Å². The minimum Gasteiger partial charge on any atom is -0.391 e. The summed E-state index contributed by atoms with van der Waals surface area (Å²) in [6.07, 6.45) is 0.944. The molecule has 5 heteroatoms. The smallest absolute Gasteiger partial charge is 0.251 e. The van der Waals surface area contributed by atoms with Gasteiger partial charge in [0.15, 0.2) is 0 Å². The maximum atomic E-state index is 12.7. The fraction of sp³-hybridized carbons (Fsp3) is 0.529. The monoisotopic (exact) mass is 304 g/mol. The van der Waals surface area contributed by atoms with E-state index in [2.05, 4.69) is 5.32 Å². The molecule has 0 aliphatic carbocycles. The van der Waals surface area contributed by atoms with Crippen molar-refractivity contribution >= 4 is 11.8 Å². The molecule has 22 heavy (non-hydrogen) atoms. The van der Waals surface area contributed by atoms with E-state index < -0.39 is 12.1 Å². The Bertz CT molecular complexity index is 518. The summed E-state index contributed by atoms with van der Waals surface area (Å²) in [6, 6.07) is 8.35. The third-order valence-corrected chi connectivity index (χ3v) is 4.28. The first-order valence-electron chi connectivity index (χ1n) is 7.85. The lowest BCUT2D eigenvalue weighted by Gasteiger charge is -2.28. The van der Waals surface area contributed by atoms with Gasteiger partial charge in [-0.2, -0.15) is 0 Å². The molecule has 5 nitrogen and oxygen atoms in total. The van der Waals surface area contributed by atoms with E-state index in [0.29, 0.717) is 25.1 Å².